The molecule has 0 aliphatic carbocycles. The zero-order valence-corrected chi connectivity index (χ0v) is 8.56. The predicted molar refractivity (Wildman–Crippen MR) is 54.2 cm³/mol. The first kappa shape index (κ1) is 11.9. The topological polar surface area (TPSA) is 104 Å². The summed E-state index contributed by atoms with van der Waals surface area (Å²) in [5.74, 6) is -1.17. The minimum atomic E-state index is -1.17. The van der Waals surface area contributed by atoms with Crippen molar-refractivity contribution in [3.05, 3.63) is 38.4 Å². The number of nitro benzene ring substituents is 1. The van der Waals surface area contributed by atoms with Gasteiger partial charge in [-0.3, -0.25) is 14.9 Å². The molecule has 0 amide bonds. The average molecular weight is 241 g/mol. The lowest BCUT2D eigenvalue weighted by molar-refractivity contribution is -0.385. The van der Waals surface area contributed by atoms with Gasteiger partial charge in [0.05, 0.1) is 11.3 Å². The second-order valence-corrected chi connectivity index (χ2v) is 3.28. The maximum absolute atomic E-state index is 10.7. The Bertz CT molecular complexity index is 507. The fourth-order valence-electron chi connectivity index (χ4n) is 1.22. The standard InChI is InChI=1S/C9H5ClN2O4/c10-7-2-1-5(3-8(13)14)6(4-11)9(7)12(15)16/h1-2H,3H2,(H,13,14). The lowest BCUT2D eigenvalue weighted by Crippen LogP contribution is -2.04. The number of rotatable bonds is 3. The van der Waals surface area contributed by atoms with E-state index >= 15 is 0 Å². The Morgan fingerprint density at radius 1 is 1.62 bits per heavy atom. The quantitative estimate of drug-likeness (QED) is 0.640. The molecule has 16 heavy (non-hydrogen) atoms. The summed E-state index contributed by atoms with van der Waals surface area (Å²) in [5.41, 5.74) is -0.783. The van der Waals surface area contributed by atoms with Crippen molar-refractivity contribution >= 4 is 23.3 Å². The van der Waals surface area contributed by atoms with Crippen LogP contribution in [0.5, 0.6) is 0 Å². The summed E-state index contributed by atoms with van der Waals surface area (Å²) < 4.78 is 0. The van der Waals surface area contributed by atoms with Crippen molar-refractivity contribution in [1.29, 1.82) is 5.26 Å². The molecule has 0 aliphatic rings. The van der Waals surface area contributed by atoms with E-state index in [0.29, 0.717) is 0 Å². The van der Waals surface area contributed by atoms with Gasteiger partial charge in [-0.15, -0.1) is 0 Å². The SMILES string of the molecule is N#Cc1c(CC(=O)O)ccc(Cl)c1[N+](=O)[O-]. The van der Waals surface area contributed by atoms with E-state index in [1.54, 1.807) is 6.07 Å². The van der Waals surface area contributed by atoms with Crippen LogP contribution in [0.1, 0.15) is 11.1 Å². The largest absolute Gasteiger partial charge is 0.481 e. The van der Waals surface area contributed by atoms with Crippen molar-refractivity contribution in [3.63, 3.8) is 0 Å². The van der Waals surface area contributed by atoms with E-state index in [9.17, 15) is 14.9 Å². The molecular weight excluding hydrogens is 236 g/mol. The van der Waals surface area contributed by atoms with Crippen LogP contribution in [0.25, 0.3) is 0 Å². The monoisotopic (exact) mass is 240 g/mol. The smallest absolute Gasteiger partial charge is 0.307 e. The lowest BCUT2D eigenvalue weighted by Gasteiger charge is -2.02. The second kappa shape index (κ2) is 4.59. The van der Waals surface area contributed by atoms with Crippen LogP contribution in [0.2, 0.25) is 5.02 Å². The van der Waals surface area contributed by atoms with Crippen molar-refractivity contribution in [1.82, 2.24) is 0 Å². The molecule has 0 aliphatic heterocycles. The number of hydrogen-bond donors (Lipinski definition) is 1. The van der Waals surface area contributed by atoms with Gasteiger partial charge in [0.2, 0.25) is 0 Å². The molecule has 1 rings (SSSR count). The third-order valence-electron chi connectivity index (χ3n) is 1.85. The van der Waals surface area contributed by atoms with Crippen LogP contribution < -0.4 is 0 Å². The molecule has 0 fully saturated rings. The van der Waals surface area contributed by atoms with E-state index in [-0.39, 0.29) is 16.1 Å². The Morgan fingerprint density at radius 3 is 2.69 bits per heavy atom. The molecule has 7 heteroatoms. The molecule has 0 saturated heterocycles. The number of hydrogen-bond acceptors (Lipinski definition) is 4. The highest BCUT2D eigenvalue weighted by atomic mass is 35.5. The van der Waals surface area contributed by atoms with Gasteiger partial charge in [-0.25, -0.2) is 0 Å². The molecule has 1 aromatic carbocycles. The van der Waals surface area contributed by atoms with Gasteiger partial charge in [0.25, 0.3) is 0 Å². The van der Waals surface area contributed by atoms with Crippen LogP contribution in [-0.4, -0.2) is 16.0 Å². The highest BCUT2D eigenvalue weighted by Gasteiger charge is 2.23. The van der Waals surface area contributed by atoms with E-state index in [4.69, 9.17) is 22.0 Å². The van der Waals surface area contributed by atoms with E-state index in [1.807, 2.05) is 0 Å². The number of nitriles is 1. The molecule has 0 unspecified atom stereocenters. The Balaban J connectivity index is 3.44. The maximum atomic E-state index is 10.7. The molecule has 82 valence electrons. The molecule has 0 spiro atoms. The average Bonchev–Trinajstić information content (AvgIpc) is 2.18. The first-order valence-corrected chi connectivity index (χ1v) is 4.42. The Hall–Kier alpha value is -2.13. The van der Waals surface area contributed by atoms with Crippen molar-refractivity contribution in [2.75, 3.05) is 0 Å². The van der Waals surface area contributed by atoms with Gasteiger partial charge in [-0.05, 0) is 11.6 Å². The Morgan fingerprint density at radius 2 is 2.25 bits per heavy atom. The molecule has 1 aromatic rings. The Labute approximate surface area is 94.8 Å². The molecule has 0 radical (unpaired) electrons. The number of carboxylic acids is 1. The predicted octanol–water partition coefficient (Wildman–Crippen LogP) is 1.75. The van der Waals surface area contributed by atoms with Gasteiger partial charge in [0, 0.05) is 0 Å². The molecule has 0 heterocycles. The third kappa shape index (κ3) is 2.27. The fourth-order valence-corrected chi connectivity index (χ4v) is 1.45. The zero-order valence-electron chi connectivity index (χ0n) is 7.81. The highest BCUT2D eigenvalue weighted by molar-refractivity contribution is 6.32. The van der Waals surface area contributed by atoms with Crippen LogP contribution in [0.15, 0.2) is 12.1 Å². The normalized spacial score (nSPS) is 9.50. The fraction of sp³-hybridized carbons (Fsp3) is 0.111. The molecule has 0 atom stereocenters. The minimum Gasteiger partial charge on any atom is -0.481 e. The molecular formula is C9H5ClN2O4. The van der Waals surface area contributed by atoms with Crippen LogP contribution in [0, 0.1) is 21.4 Å². The van der Waals surface area contributed by atoms with Gasteiger partial charge < -0.3 is 5.11 Å². The summed E-state index contributed by atoms with van der Waals surface area (Å²) in [6.07, 6.45) is -0.457. The van der Waals surface area contributed by atoms with Gasteiger partial charge in [0.15, 0.2) is 0 Å². The first-order chi connectivity index (χ1) is 7.47. The van der Waals surface area contributed by atoms with Crippen molar-refractivity contribution in [2.24, 2.45) is 0 Å². The van der Waals surface area contributed by atoms with E-state index in [2.05, 4.69) is 0 Å². The van der Waals surface area contributed by atoms with Gasteiger partial charge >= 0.3 is 11.7 Å². The van der Waals surface area contributed by atoms with Gasteiger partial charge in [-0.1, -0.05) is 17.7 Å². The summed E-state index contributed by atoms with van der Waals surface area (Å²) in [4.78, 5) is 20.4. The maximum Gasteiger partial charge on any atom is 0.307 e. The van der Waals surface area contributed by atoms with Crippen molar-refractivity contribution in [2.45, 2.75) is 6.42 Å². The summed E-state index contributed by atoms with van der Waals surface area (Å²) in [5, 5.41) is 27.8. The van der Waals surface area contributed by atoms with E-state index in [0.717, 1.165) is 0 Å². The third-order valence-corrected chi connectivity index (χ3v) is 2.16. The number of carbonyl (C=O) groups is 1. The molecule has 0 saturated carbocycles. The van der Waals surface area contributed by atoms with Crippen molar-refractivity contribution in [3.8, 4) is 6.07 Å². The Kier molecular flexibility index (Phi) is 3.43. The summed E-state index contributed by atoms with van der Waals surface area (Å²) in [6.45, 7) is 0. The molecule has 1 N–H and O–H groups in total. The van der Waals surface area contributed by atoms with Crippen molar-refractivity contribution < 1.29 is 14.8 Å². The molecule has 6 nitrogen and oxygen atoms in total. The van der Waals surface area contributed by atoms with E-state index in [1.165, 1.54) is 12.1 Å². The van der Waals surface area contributed by atoms with Crippen LogP contribution in [0.3, 0.4) is 0 Å². The first-order valence-electron chi connectivity index (χ1n) is 4.05. The number of nitro groups is 1. The number of nitrogens with zero attached hydrogens (tertiary/aromatic N) is 2. The van der Waals surface area contributed by atoms with Crippen LogP contribution in [-0.2, 0) is 11.2 Å². The van der Waals surface area contributed by atoms with Gasteiger partial charge in [0.1, 0.15) is 16.7 Å². The lowest BCUT2D eigenvalue weighted by atomic mass is 10.0. The van der Waals surface area contributed by atoms with E-state index < -0.39 is 23.0 Å². The number of carboxylic acid groups (broad SMARTS) is 1. The summed E-state index contributed by atoms with van der Waals surface area (Å²) >= 11 is 5.57. The highest BCUT2D eigenvalue weighted by Crippen LogP contribution is 2.30. The van der Waals surface area contributed by atoms with Crippen LogP contribution in [0.4, 0.5) is 5.69 Å². The minimum absolute atomic E-state index is 0.0751. The zero-order chi connectivity index (χ0) is 12.3. The summed E-state index contributed by atoms with van der Waals surface area (Å²) in [7, 11) is 0. The number of aliphatic carboxylic acids is 1. The van der Waals surface area contributed by atoms with Crippen LogP contribution >= 0.6 is 11.6 Å². The molecule has 0 aromatic heterocycles. The molecule has 0 bridgehead atoms. The van der Waals surface area contributed by atoms with Gasteiger partial charge in [-0.2, -0.15) is 5.26 Å². The summed E-state index contributed by atoms with van der Waals surface area (Å²) in [6, 6.07) is 4.10. The number of halogens is 1. The number of benzene rings is 1. The second-order valence-electron chi connectivity index (χ2n) is 2.87.